The first-order chi connectivity index (χ1) is 10.4. The van der Waals surface area contributed by atoms with E-state index < -0.39 is 6.04 Å². The largest absolute Gasteiger partial charge is 0.497 e. The minimum absolute atomic E-state index is 0.0250. The summed E-state index contributed by atoms with van der Waals surface area (Å²) in [6.07, 6.45) is 0. The van der Waals surface area contributed by atoms with E-state index in [0.29, 0.717) is 23.6 Å². The van der Waals surface area contributed by atoms with Crippen LogP contribution in [0, 0.1) is 5.92 Å². The quantitative estimate of drug-likeness (QED) is 0.802. The average molecular weight is 308 g/mol. The number of hydrogen-bond acceptors (Lipinski definition) is 4. The summed E-state index contributed by atoms with van der Waals surface area (Å²) in [6.45, 7) is 6.12. The van der Waals surface area contributed by atoms with Crippen LogP contribution in [0.25, 0.3) is 0 Å². The van der Waals surface area contributed by atoms with E-state index in [1.807, 2.05) is 20.8 Å². The summed E-state index contributed by atoms with van der Waals surface area (Å²) in [7, 11) is 3.03. The van der Waals surface area contributed by atoms with Crippen molar-refractivity contribution in [1.29, 1.82) is 0 Å². The van der Waals surface area contributed by atoms with Gasteiger partial charge in [-0.15, -0.1) is 0 Å². The van der Waals surface area contributed by atoms with E-state index in [2.05, 4.69) is 10.6 Å². The number of rotatable bonds is 7. The molecule has 1 aromatic rings. The van der Waals surface area contributed by atoms with Gasteiger partial charge in [0.25, 0.3) is 5.91 Å². The lowest BCUT2D eigenvalue weighted by atomic mass is 10.0. The van der Waals surface area contributed by atoms with Crippen LogP contribution in [0.5, 0.6) is 11.5 Å². The van der Waals surface area contributed by atoms with Crippen molar-refractivity contribution in [1.82, 2.24) is 10.6 Å². The molecule has 0 radical (unpaired) electrons. The van der Waals surface area contributed by atoms with Gasteiger partial charge in [-0.1, -0.05) is 13.8 Å². The third kappa shape index (κ3) is 4.65. The van der Waals surface area contributed by atoms with Gasteiger partial charge in [0.15, 0.2) is 0 Å². The van der Waals surface area contributed by atoms with Crippen molar-refractivity contribution in [3.8, 4) is 11.5 Å². The van der Waals surface area contributed by atoms with Crippen molar-refractivity contribution < 1.29 is 19.1 Å². The lowest BCUT2D eigenvalue weighted by molar-refractivity contribution is -0.123. The van der Waals surface area contributed by atoms with E-state index in [4.69, 9.17) is 9.47 Å². The molecule has 0 bridgehead atoms. The van der Waals surface area contributed by atoms with Crippen LogP contribution in [-0.4, -0.2) is 38.6 Å². The number of ether oxygens (including phenoxy) is 2. The zero-order valence-electron chi connectivity index (χ0n) is 13.7. The maximum Gasteiger partial charge on any atom is 0.252 e. The second kappa shape index (κ2) is 8.26. The molecule has 0 aliphatic rings. The van der Waals surface area contributed by atoms with Crippen LogP contribution >= 0.6 is 0 Å². The molecule has 1 atom stereocenters. The predicted octanol–water partition coefficient (Wildman–Crippen LogP) is 1.59. The summed E-state index contributed by atoms with van der Waals surface area (Å²) < 4.78 is 10.3. The SMILES string of the molecule is CCNC(=O)[C@H](NC(=O)c1cc(OC)cc(OC)c1)C(C)C. The van der Waals surface area contributed by atoms with E-state index in [1.165, 1.54) is 14.2 Å². The third-order valence-corrected chi connectivity index (χ3v) is 3.20. The molecule has 0 aromatic heterocycles. The second-order valence-corrected chi connectivity index (χ2v) is 5.19. The van der Waals surface area contributed by atoms with Gasteiger partial charge in [-0.3, -0.25) is 9.59 Å². The van der Waals surface area contributed by atoms with E-state index in [0.717, 1.165) is 0 Å². The number of hydrogen-bond donors (Lipinski definition) is 2. The summed E-state index contributed by atoms with van der Waals surface area (Å²) in [5.41, 5.74) is 0.381. The summed E-state index contributed by atoms with van der Waals surface area (Å²) in [4.78, 5) is 24.4. The minimum Gasteiger partial charge on any atom is -0.497 e. The fourth-order valence-electron chi connectivity index (χ4n) is 1.98. The molecule has 0 heterocycles. The summed E-state index contributed by atoms with van der Waals surface area (Å²) >= 11 is 0. The van der Waals surface area contributed by atoms with Gasteiger partial charge in [0.2, 0.25) is 5.91 Å². The Bertz CT molecular complexity index is 507. The van der Waals surface area contributed by atoms with Crippen LogP contribution < -0.4 is 20.1 Å². The third-order valence-electron chi connectivity index (χ3n) is 3.20. The molecule has 0 aliphatic carbocycles. The predicted molar refractivity (Wildman–Crippen MR) is 84.3 cm³/mol. The normalized spacial score (nSPS) is 11.7. The molecule has 0 saturated heterocycles. The van der Waals surface area contributed by atoms with Gasteiger partial charge in [0, 0.05) is 18.2 Å². The van der Waals surface area contributed by atoms with Crippen molar-refractivity contribution in [3.05, 3.63) is 23.8 Å². The van der Waals surface area contributed by atoms with E-state index in [1.54, 1.807) is 18.2 Å². The molecule has 122 valence electrons. The Morgan fingerprint density at radius 1 is 1.09 bits per heavy atom. The van der Waals surface area contributed by atoms with Gasteiger partial charge < -0.3 is 20.1 Å². The van der Waals surface area contributed by atoms with Crippen molar-refractivity contribution in [3.63, 3.8) is 0 Å². The molecule has 2 N–H and O–H groups in total. The second-order valence-electron chi connectivity index (χ2n) is 5.19. The lowest BCUT2D eigenvalue weighted by Crippen LogP contribution is -2.49. The molecule has 0 aliphatic heterocycles. The molecule has 0 saturated carbocycles. The average Bonchev–Trinajstić information content (AvgIpc) is 2.51. The fourth-order valence-corrected chi connectivity index (χ4v) is 1.98. The van der Waals surface area contributed by atoms with Gasteiger partial charge in [0.05, 0.1) is 14.2 Å². The molecule has 0 unspecified atom stereocenters. The maximum absolute atomic E-state index is 12.4. The van der Waals surface area contributed by atoms with Crippen LogP contribution in [-0.2, 0) is 4.79 Å². The molecule has 22 heavy (non-hydrogen) atoms. The Morgan fingerprint density at radius 3 is 2.05 bits per heavy atom. The van der Waals surface area contributed by atoms with Crippen LogP contribution in [0.3, 0.4) is 0 Å². The lowest BCUT2D eigenvalue weighted by Gasteiger charge is -2.21. The number of carbonyl (C=O) groups excluding carboxylic acids is 2. The maximum atomic E-state index is 12.4. The number of benzene rings is 1. The highest BCUT2D eigenvalue weighted by Gasteiger charge is 2.24. The first-order valence-corrected chi connectivity index (χ1v) is 7.24. The minimum atomic E-state index is -0.593. The van der Waals surface area contributed by atoms with Gasteiger partial charge in [-0.2, -0.15) is 0 Å². The van der Waals surface area contributed by atoms with Crippen molar-refractivity contribution in [2.75, 3.05) is 20.8 Å². The molecule has 1 aromatic carbocycles. The zero-order chi connectivity index (χ0) is 16.7. The van der Waals surface area contributed by atoms with E-state index in [9.17, 15) is 9.59 Å². The number of nitrogens with one attached hydrogen (secondary N) is 2. The number of methoxy groups -OCH3 is 2. The highest BCUT2D eigenvalue weighted by Crippen LogP contribution is 2.22. The van der Waals surface area contributed by atoms with E-state index in [-0.39, 0.29) is 17.7 Å². The molecule has 1 rings (SSSR count). The molecule has 0 spiro atoms. The molecule has 2 amide bonds. The Balaban J connectivity index is 2.96. The molecular weight excluding hydrogens is 284 g/mol. The first kappa shape index (κ1) is 17.8. The first-order valence-electron chi connectivity index (χ1n) is 7.24. The standard InChI is InChI=1S/C16H24N2O4/c1-6-17-16(20)14(10(2)3)18-15(19)11-7-12(21-4)9-13(8-11)22-5/h7-10,14H,6H2,1-5H3,(H,17,20)(H,18,19)/t14-/m1/s1. The topological polar surface area (TPSA) is 76.7 Å². The van der Waals surface area contributed by atoms with Crippen molar-refractivity contribution >= 4 is 11.8 Å². The van der Waals surface area contributed by atoms with Gasteiger partial charge in [-0.25, -0.2) is 0 Å². The zero-order valence-corrected chi connectivity index (χ0v) is 13.7. The highest BCUT2D eigenvalue weighted by atomic mass is 16.5. The smallest absolute Gasteiger partial charge is 0.252 e. The van der Waals surface area contributed by atoms with Crippen molar-refractivity contribution in [2.24, 2.45) is 5.92 Å². The van der Waals surface area contributed by atoms with Crippen LogP contribution in [0.4, 0.5) is 0 Å². The highest BCUT2D eigenvalue weighted by molar-refractivity contribution is 5.98. The van der Waals surface area contributed by atoms with Crippen LogP contribution in [0.2, 0.25) is 0 Å². The monoisotopic (exact) mass is 308 g/mol. The van der Waals surface area contributed by atoms with E-state index >= 15 is 0 Å². The Hall–Kier alpha value is -2.24. The summed E-state index contributed by atoms with van der Waals surface area (Å²) in [5, 5.41) is 5.48. The number of carbonyl (C=O) groups is 2. The van der Waals surface area contributed by atoms with Crippen LogP contribution in [0.15, 0.2) is 18.2 Å². The Labute approximate surface area is 131 Å². The Kier molecular flexibility index (Phi) is 6.69. The molecule has 0 fully saturated rings. The van der Waals surface area contributed by atoms with Gasteiger partial charge in [0.1, 0.15) is 17.5 Å². The van der Waals surface area contributed by atoms with Crippen molar-refractivity contribution in [2.45, 2.75) is 26.8 Å². The number of amides is 2. The Morgan fingerprint density at radius 2 is 1.64 bits per heavy atom. The summed E-state index contributed by atoms with van der Waals surface area (Å²) in [6, 6.07) is 4.30. The molecule has 6 nitrogen and oxygen atoms in total. The molecule has 6 heteroatoms. The number of likely N-dealkylation sites (N-methyl/N-ethyl adjacent to an activating group) is 1. The van der Waals surface area contributed by atoms with Gasteiger partial charge in [-0.05, 0) is 25.0 Å². The molecular formula is C16H24N2O4. The summed E-state index contributed by atoms with van der Waals surface area (Å²) in [5.74, 6) is 0.470. The fraction of sp³-hybridized carbons (Fsp3) is 0.500. The van der Waals surface area contributed by atoms with Gasteiger partial charge >= 0.3 is 0 Å². The van der Waals surface area contributed by atoms with Crippen LogP contribution in [0.1, 0.15) is 31.1 Å².